The zero-order chi connectivity index (χ0) is 17.1. The first-order valence-corrected chi connectivity index (χ1v) is 7.61. The molecule has 0 spiro atoms. The van der Waals surface area contributed by atoms with Crippen molar-refractivity contribution in [3.8, 4) is 0 Å². The van der Waals surface area contributed by atoms with Crippen molar-refractivity contribution in [1.82, 2.24) is 4.90 Å². The van der Waals surface area contributed by atoms with Crippen LogP contribution in [-0.2, 0) is 20.7 Å². The van der Waals surface area contributed by atoms with E-state index in [1.54, 1.807) is 20.8 Å². The first-order chi connectivity index (χ1) is 10.7. The maximum absolute atomic E-state index is 12.2. The summed E-state index contributed by atoms with van der Waals surface area (Å²) in [6.45, 7) is 5.78. The van der Waals surface area contributed by atoms with Gasteiger partial charge in [0.05, 0.1) is 13.2 Å². The molecule has 1 aromatic rings. The Labute approximate surface area is 136 Å². The van der Waals surface area contributed by atoms with Gasteiger partial charge in [0, 0.05) is 13.0 Å². The van der Waals surface area contributed by atoms with Crippen molar-refractivity contribution >= 4 is 12.1 Å². The summed E-state index contributed by atoms with van der Waals surface area (Å²) in [5, 5.41) is 9.68. The first kappa shape index (κ1) is 17.3. The van der Waals surface area contributed by atoms with E-state index < -0.39 is 23.3 Å². The second kappa shape index (κ2) is 6.58. The Hall–Kier alpha value is -2.08. The Morgan fingerprint density at radius 3 is 2.52 bits per heavy atom. The molecule has 1 saturated heterocycles. The molecule has 0 bridgehead atoms. The summed E-state index contributed by atoms with van der Waals surface area (Å²) in [5.74, 6) is -1.07. The minimum atomic E-state index is -1.45. The maximum Gasteiger partial charge on any atom is 0.410 e. The maximum atomic E-state index is 12.2. The molecule has 23 heavy (non-hydrogen) atoms. The van der Waals surface area contributed by atoms with E-state index in [4.69, 9.17) is 9.47 Å². The summed E-state index contributed by atoms with van der Waals surface area (Å²) in [4.78, 5) is 25.5. The largest absolute Gasteiger partial charge is 0.479 e. The monoisotopic (exact) mass is 321 g/mol. The van der Waals surface area contributed by atoms with E-state index in [-0.39, 0.29) is 19.6 Å². The first-order valence-electron chi connectivity index (χ1n) is 7.61. The van der Waals surface area contributed by atoms with Crippen LogP contribution < -0.4 is 0 Å². The molecule has 1 atom stereocenters. The van der Waals surface area contributed by atoms with Crippen LogP contribution in [0.25, 0.3) is 0 Å². The molecule has 1 N–H and O–H groups in total. The van der Waals surface area contributed by atoms with E-state index in [2.05, 4.69) is 0 Å². The van der Waals surface area contributed by atoms with Crippen LogP contribution in [0, 0.1) is 0 Å². The van der Waals surface area contributed by atoms with Crippen LogP contribution in [0.5, 0.6) is 0 Å². The molecule has 0 saturated carbocycles. The minimum absolute atomic E-state index is 0.0356. The number of carboxylic acids is 1. The average Bonchev–Trinajstić information content (AvgIpc) is 2.46. The van der Waals surface area contributed by atoms with Crippen LogP contribution in [0.3, 0.4) is 0 Å². The number of hydrogen-bond donors (Lipinski definition) is 1. The smallest absolute Gasteiger partial charge is 0.410 e. The Morgan fingerprint density at radius 1 is 1.30 bits per heavy atom. The Kier molecular flexibility index (Phi) is 4.94. The van der Waals surface area contributed by atoms with E-state index in [1.165, 1.54) is 4.90 Å². The minimum Gasteiger partial charge on any atom is -0.479 e. The fourth-order valence-corrected chi connectivity index (χ4v) is 2.50. The number of carbonyl (C=O) groups is 2. The zero-order valence-corrected chi connectivity index (χ0v) is 13.7. The molecule has 1 amide bonds. The molecule has 2 rings (SSSR count). The number of morpholine rings is 1. The predicted octanol–water partition coefficient (Wildman–Crippen LogP) is 2.32. The highest BCUT2D eigenvalue weighted by Crippen LogP contribution is 2.25. The van der Waals surface area contributed by atoms with Crippen molar-refractivity contribution in [3.63, 3.8) is 0 Å². The highest BCUT2D eigenvalue weighted by molar-refractivity contribution is 5.80. The molecule has 0 aliphatic carbocycles. The third-order valence-corrected chi connectivity index (χ3v) is 3.56. The molecule has 6 nitrogen and oxygen atoms in total. The van der Waals surface area contributed by atoms with Gasteiger partial charge in [0.1, 0.15) is 5.60 Å². The summed E-state index contributed by atoms with van der Waals surface area (Å²) in [7, 11) is 0. The van der Waals surface area contributed by atoms with E-state index >= 15 is 0 Å². The van der Waals surface area contributed by atoms with Gasteiger partial charge < -0.3 is 19.5 Å². The van der Waals surface area contributed by atoms with Crippen molar-refractivity contribution < 1.29 is 24.2 Å². The SMILES string of the molecule is CC(C)(C)OC(=O)N1CCO[C@](Cc2ccccc2)(C(=O)O)C1. The standard InChI is InChI=1S/C17H23NO5/c1-16(2,3)23-15(21)18-9-10-22-17(12-18,14(19)20)11-13-7-5-4-6-8-13/h4-8H,9-12H2,1-3H3,(H,19,20)/t17-/m0/s1. The molecule has 1 fully saturated rings. The normalized spacial score (nSPS) is 21.8. The van der Waals surface area contributed by atoms with Crippen molar-refractivity contribution in [2.24, 2.45) is 0 Å². The van der Waals surface area contributed by atoms with Crippen LogP contribution in [0.15, 0.2) is 30.3 Å². The van der Waals surface area contributed by atoms with Crippen LogP contribution in [0.1, 0.15) is 26.3 Å². The van der Waals surface area contributed by atoms with Gasteiger partial charge in [-0.3, -0.25) is 0 Å². The average molecular weight is 321 g/mol. The van der Waals surface area contributed by atoms with Crippen molar-refractivity contribution in [1.29, 1.82) is 0 Å². The number of amides is 1. The number of carbonyl (C=O) groups excluding carboxylic acids is 1. The lowest BCUT2D eigenvalue weighted by Crippen LogP contribution is -2.59. The van der Waals surface area contributed by atoms with Crippen LogP contribution in [-0.4, -0.2) is 53.0 Å². The van der Waals surface area contributed by atoms with Crippen molar-refractivity contribution in [2.75, 3.05) is 19.7 Å². The number of carboxylic acid groups (broad SMARTS) is 1. The van der Waals surface area contributed by atoms with Gasteiger partial charge in [0.2, 0.25) is 0 Å². The lowest BCUT2D eigenvalue weighted by molar-refractivity contribution is -0.176. The molecule has 0 aromatic heterocycles. The summed E-state index contributed by atoms with van der Waals surface area (Å²) in [6, 6.07) is 9.26. The fraction of sp³-hybridized carbons (Fsp3) is 0.529. The van der Waals surface area contributed by atoms with Gasteiger partial charge in [-0.05, 0) is 26.3 Å². The quantitative estimate of drug-likeness (QED) is 0.924. The Bertz CT molecular complexity index is 566. The third-order valence-electron chi connectivity index (χ3n) is 3.56. The zero-order valence-electron chi connectivity index (χ0n) is 13.7. The predicted molar refractivity (Wildman–Crippen MR) is 84.3 cm³/mol. The molecule has 1 heterocycles. The molecule has 1 aromatic carbocycles. The second-order valence-electron chi connectivity index (χ2n) is 6.71. The van der Waals surface area contributed by atoms with Gasteiger partial charge in [0.15, 0.2) is 5.60 Å². The van der Waals surface area contributed by atoms with Crippen LogP contribution in [0.2, 0.25) is 0 Å². The lowest BCUT2D eigenvalue weighted by Gasteiger charge is -2.40. The van der Waals surface area contributed by atoms with Crippen molar-refractivity contribution in [3.05, 3.63) is 35.9 Å². The van der Waals surface area contributed by atoms with Crippen molar-refractivity contribution in [2.45, 2.75) is 38.4 Å². The molecule has 126 valence electrons. The molecule has 1 aliphatic rings. The van der Waals surface area contributed by atoms with Gasteiger partial charge in [-0.2, -0.15) is 0 Å². The number of hydrogen-bond acceptors (Lipinski definition) is 4. The van der Waals surface area contributed by atoms with E-state index in [1.807, 2.05) is 30.3 Å². The van der Waals surface area contributed by atoms with E-state index in [0.717, 1.165) is 5.56 Å². The molecular weight excluding hydrogens is 298 g/mol. The van der Waals surface area contributed by atoms with Gasteiger partial charge >= 0.3 is 12.1 Å². The summed E-state index contributed by atoms with van der Waals surface area (Å²) >= 11 is 0. The van der Waals surface area contributed by atoms with Crippen LogP contribution >= 0.6 is 0 Å². The topological polar surface area (TPSA) is 76.1 Å². The number of ether oxygens (including phenoxy) is 2. The number of rotatable bonds is 3. The molecule has 0 radical (unpaired) electrons. The molecular formula is C17H23NO5. The second-order valence-corrected chi connectivity index (χ2v) is 6.71. The highest BCUT2D eigenvalue weighted by atomic mass is 16.6. The van der Waals surface area contributed by atoms with Crippen LogP contribution in [0.4, 0.5) is 4.79 Å². The highest BCUT2D eigenvalue weighted by Gasteiger charge is 2.46. The Morgan fingerprint density at radius 2 is 1.96 bits per heavy atom. The summed E-state index contributed by atoms with van der Waals surface area (Å²) in [6.07, 6.45) is -0.317. The third kappa shape index (κ3) is 4.45. The number of benzene rings is 1. The molecule has 1 aliphatic heterocycles. The Balaban J connectivity index is 2.17. The van der Waals surface area contributed by atoms with E-state index in [9.17, 15) is 14.7 Å². The number of nitrogens with zero attached hydrogens (tertiary/aromatic N) is 1. The lowest BCUT2D eigenvalue weighted by atomic mass is 9.92. The van der Waals surface area contributed by atoms with E-state index in [0.29, 0.717) is 6.54 Å². The summed E-state index contributed by atoms with van der Waals surface area (Å²) < 4.78 is 10.9. The fourth-order valence-electron chi connectivity index (χ4n) is 2.50. The molecule has 6 heteroatoms. The van der Waals surface area contributed by atoms with Gasteiger partial charge in [-0.15, -0.1) is 0 Å². The summed E-state index contributed by atoms with van der Waals surface area (Å²) in [5.41, 5.74) is -1.22. The van der Waals surface area contributed by atoms with Gasteiger partial charge in [0.25, 0.3) is 0 Å². The van der Waals surface area contributed by atoms with Gasteiger partial charge in [-0.1, -0.05) is 30.3 Å². The molecule has 0 unspecified atom stereocenters. The number of aliphatic carboxylic acids is 1. The van der Waals surface area contributed by atoms with Gasteiger partial charge in [-0.25, -0.2) is 9.59 Å².